The van der Waals surface area contributed by atoms with Crippen molar-refractivity contribution in [1.29, 1.82) is 0 Å². The molecule has 1 atom stereocenters. The molecule has 0 N–H and O–H groups in total. The highest BCUT2D eigenvalue weighted by molar-refractivity contribution is 5.74. The molecule has 2 nitrogen and oxygen atoms in total. The predicted octanol–water partition coefficient (Wildman–Crippen LogP) is 4.80. The van der Waals surface area contributed by atoms with Gasteiger partial charge in [0.1, 0.15) is 18.5 Å². The lowest BCUT2D eigenvalue weighted by molar-refractivity contribution is 0.264. The van der Waals surface area contributed by atoms with Gasteiger partial charge in [-0.1, -0.05) is 72.8 Å². The van der Waals surface area contributed by atoms with Gasteiger partial charge in [-0.05, 0) is 22.8 Å². The zero-order chi connectivity index (χ0) is 15.5. The van der Waals surface area contributed by atoms with Crippen LogP contribution in [0, 0.1) is 0 Å². The molecule has 4 rings (SSSR count). The fraction of sp³-hybridized carbons (Fsp3) is 0.143. The van der Waals surface area contributed by atoms with Gasteiger partial charge in [-0.25, -0.2) is 0 Å². The molecular formula is C21H18O2. The summed E-state index contributed by atoms with van der Waals surface area (Å²) >= 11 is 0. The van der Waals surface area contributed by atoms with Gasteiger partial charge in [0.25, 0.3) is 0 Å². The van der Waals surface area contributed by atoms with E-state index in [0.29, 0.717) is 6.61 Å². The van der Waals surface area contributed by atoms with Gasteiger partial charge in [0.05, 0.1) is 6.61 Å². The molecule has 0 aliphatic carbocycles. The molecular weight excluding hydrogens is 284 g/mol. The van der Waals surface area contributed by atoms with Gasteiger partial charge in [-0.2, -0.15) is 0 Å². The smallest absolute Gasteiger partial charge is 0.127 e. The minimum atomic E-state index is 0.267. The second-order valence-corrected chi connectivity index (χ2v) is 5.71. The summed E-state index contributed by atoms with van der Waals surface area (Å²) in [6, 6.07) is 27.2. The summed E-state index contributed by atoms with van der Waals surface area (Å²) in [4.78, 5) is 0. The van der Waals surface area contributed by atoms with Gasteiger partial charge in [0.2, 0.25) is 0 Å². The fourth-order valence-corrected chi connectivity index (χ4v) is 2.65. The Morgan fingerprint density at radius 3 is 2.09 bits per heavy atom. The summed E-state index contributed by atoms with van der Waals surface area (Å²) in [5, 5.41) is 0. The number of hydrogen-bond acceptors (Lipinski definition) is 2. The molecule has 1 aliphatic heterocycles. The number of epoxide rings is 1. The summed E-state index contributed by atoms with van der Waals surface area (Å²) < 4.78 is 11.1. The maximum absolute atomic E-state index is 5.91. The number of ether oxygens (including phenoxy) is 2. The van der Waals surface area contributed by atoms with E-state index >= 15 is 0 Å². The molecule has 23 heavy (non-hydrogen) atoms. The minimum absolute atomic E-state index is 0.267. The van der Waals surface area contributed by atoms with E-state index in [4.69, 9.17) is 9.47 Å². The standard InChI is InChI=1S/C21H18O2/c1-2-6-16(7-3-1)17-10-12-18(13-11-17)20-8-4-5-9-21(20)23-15-19-14-22-19/h1-13,19H,14-15H2. The molecule has 114 valence electrons. The Hall–Kier alpha value is -2.58. The Kier molecular flexibility index (Phi) is 3.83. The van der Waals surface area contributed by atoms with Gasteiger partial charge in [0.15, 0.2) is 0 Å². The van der Waals surface area contributed by atoms with E-state index in [2.05, 4.69) is 54.6 Å². The lowest BCUT2D eigenvalue weighted by Gasteiger charge is -2.11. The van der Waals surface area contributed by atoms with Crippen molar-refractivity contribution in [1.82, 2.24) is 0 Å². The van der Waals surface area contributed by atoms with E-state index in [1.165, 1.54) is 11.1 Å². The number of rotatable bonds is 5. The summed E-state index contributed by atoms with van der Waals surface area (Å²) in [5.74, 6) is 0.912. The van der Waals surface area contributed by atoms with Crippen molar-refractivity contribution in [2.45, 2.75) is 6.10 Å². The maximum Gasteiger partial charge on any atom is 0.127 e. The van der Waals surface area contributed by atoms with Crippen LogP contribution in [0.3, 0.4) is 0 Å². The van der Waals surface area contributed by atoms with Crippen molar-refractivity contribution in [2.24, 2.45) is 0 Å². The molecule has 2 heteroatoms. The van der Waals surface area contributed by atoms with Crippen molar-refractivity contribution in [3.63, 3.8) is 0 Å². The molecule has 1 unspecified atom stereocenters. The molecule has 0 bridgehead atoms. The topological polar surface area (TPSA) is 21.8 Å². The predicted molar refractivity (Wildman–Crippen MR) is 92.5 cm³/mol. The second-order valence-electron chi connectivity index (χ2n) is 5.71. The Balaban J connectivity index is 1.60. The van der Waals surface area contributed by atoms with Crippen molar-refractivity contribution < 1.29 is 9.47 Å². The molecule has 0 saturated carbocycles. The van der Waals surface area contributed by atoms with Gasteiger partial charge >= 0.3 is 0 Å². The van der Waals surface area contributed by atoms with E-state index in [1.54, 1.807) is 0 Å². The van der Waals surface area contributed by atoms with Gasteiger partial charge in [-0.3, -0.25) is 0 Å². The van der Waals surface area contributed by atoms with Crippen LogP contribution in [-0.2, 0) is 4.74 Å². The Morgan fingerprint density at radius 1 is 0.739 bits per heavy atom. The van der Waals surface area contributed by atoms with Crippen LogP contribution in [0.5, 0.6) is 5.75 Å². The average Bonchev–Trinajstić information content (AvgIpc) is 3.46. The zero-order valence-corrected chi connectivity index (χ0v) is 12.8. The highest BCUT2D eigenvalue weighted by Gasteiger charge is 2.23. The number of benzene rings is 3. The Morgan fingerprint density at radius 2 is 1.35 bits per heavy atom. The highest BCUT2D eigenvalue weighted by Crippen LogP contribution is 2.32. The molecule has 1 heterocycles. The molecule has 3 aromatic rings. The third-order valence-electron chi connectivity index (χ3n) is 4.02. The summed E-state index contributed by atoms with van der Waals surface area (Å²) in [5.41, 5.74) is 4.73. The van der Waals surface area contributed by atoms with Crippen LogP contribution >= 0.6 is 0 Å². The van der Waals surface area contributed by atoms with Crippen molar-refractivity contribution in [3.8, 4) is 28.0 Å². The molecule has 0 aromatic heterocycles. The third kappa shape index (κ3) is 3.27. The molecule has 1 saturated heterocycles. The van der Waals surface area contributed by atoms with Crippen LogP contribution in [0.4, 0.5) is 0 Å². The van der Waals surface area contributed by atoms with Crippen LogP contribution in [0.25, 0.3) is 22.3 Å². The average molecular weight is 302 g/mol. The summed E-state index contributed by atoms with van der Waals surface area (Å²) in [7, 11) is 0. The van der Waals surface area contributed by atoms with Crippen LogP contribution in [0.15, 0.2) is 78.9 Å². The first-order valence-corrected chi connectivity index (χ1v) is 7.89. The number of hydrogen-bond donors (Lipinski definition) is 0. The molecule has 0 spiro atoms. The first-order chi connectivity index (χ1) is 11.4. The van der Waals surface area contributed by atoms with Crippen molar-refractivity contribution in [2.75, 3.05) is 13.2 Å². The minimum Gasteiger partial charge on any atom is -0.490 e. The second kappa shape index (κ2) is 6.27. The summed E-state index contributed by atoms with van der Waals surface area (Å²) in [6.45, 7) is 1.44. The molecule has 1 aliphatic rings. The maximum atomic E-state index is 5.91. The first kappa shape index (κ1) is 14.0. The monoisotopic (exact) mass is 302 g/mol. The molecule has 0 radical (unpaired) electrons. The first-order valence-electron chi connectivity index (χ1n) is 7.89. The third-order valence-corrected chi connectivity index (χ3v) is 4.02. The zero-order valence-electron chi connectivity index (χ0n) is 12.8. The van der Waals surface area contributed by atoms with Gasteiger partial charge in [0, 0.05) is 5.56 Å². The Bertz CT molecular complexity index is 774. The lowest BCUT2D eigenvalue weighted by Crippen LogP contribution is -2.04. The SMILES string of the molecule is c1ccc(-c2ccc(-c3ccccc3OCC3CO3)cc2)cc1. The number of para-hydroxylation sites is 1. The largest absolute Gasteiger partial charge is 0.490 e. The summed E-state index contributed by atoms with van der Waals surface area (Å²) in [6.07, 6.45) is 0.267. The van der Waals surface area contributed by atoms with E-state index < -0.39 is 0 Å². The van der Waals surface area contributed by atoms with Crippen LogP contribution in [0.1, 0.15) is 0 Å². The van der Waals surface area contributed by atoms with Crippen LogP contribution < -0.4 is 4.74 Å². The van der Waals surface area contributed by atoms with E-state index in [0.717, 1.165) is 23.5 Å². The Labute approximate surface area is 136 Å². The van der Waals surface area contributed by atoms with Crippen molar-refractivity contribution in [3.05, 3.63) is 78.9 Å². The molecule has 3 aromatic carbocycles. The molecule has 0 amide bonds. The highest BCUT2D eigenvalue weighted by atomic mass is 16.6. The van der Waals surface area contributed by atoms with Gasteiger partial charge in [-0.15, -0.1) is 0 Å². The van der Waals surface area contributed by atoms with Gasteiger partial charge < -0.3 is 9.47 Å². The van der Waals surface area contributed by atoms with E-state index in [9.17, 15) is 0 Å². The van der Waals surface area contributed by atoms with Crippen LogP contribution in [0.2, 0.25) is 0 Å². The normalized spacial score (nSPS) is 16.1. The van der Waals surface area contributed by atoms with Crippen molar-refractivity contribution >= 4 is 0 Å². The lowest BCUT2D eigenvalue weighted by atomic mass is 10.00. The van der Waals surface area contributed by atoms with E-state index in [1.807, 2.05) is 24.3 Å². The van der Waals surface area contributed by atoms with Crippen LogP contribution in [-0.4, -0.2) is 19.3 Å². The van der Waals surface area contributed by atoms with E-state index in [-0.39, 0.29) is 6.10 Å². The fourth-order valence-electron chi connectivity index (χ4n) is 2.65. The molecule has 1 fully saturated rings. The quantitative estimate of drug-likeness (QED) is 0.632.